The van der Waals surface area contributed by atoms with Crippen LogP contribution < -0.4 is 9.80 Å². The predicted octanol–water partition coefficient (Wildman–Crippen LogP) is 3.38. The molecule has 4 aromatic rings. The van der Waals surface area contributed by atoms with Gasteiger partial charge in [0.25, 0.3) is 0 Å². The van der Waals surface area contributed by atoms with E-state index < -0.39 is 12.1 Å². The lowest BCUT2D eigenvalue weighted by molar-refractivity contribution is -0.131. The molecule has 1 aromatic carbocycles. The van der Waals surface area contributed by atoms with Gasteiger partial charge in [-0.2, -0.15) is 19.7 Å². The first-order valence-corrected chi connectivity index (χ1v) is 15.3. The van der Waals surface area contributed by atoms with Gasteiger partial charge in [0.1, 0.15) is 22.5 Å². The summed E-state index contributed by atoms with van der Waals surface area (Å²) in [6.45, 7) is 8.10. The van der Waals surface area contributed by atoms with Crippen LogP contribution in [0.4, 0.5) is 21.0 Å². The molecule has 1 atom stereocenters. The minimum atomic E-state index is -0.583. The summed E-state index contributed by atoms with van der Waals surface area (Å²) in [5.41, 5.74) is 3.32. The molecular weight excluding hydrogens is 569 g/mol. The molecule has 0 saturated carbocycles. The molecule has 2 aliphatic rings. The number of carbonyl (C=O) groups excluding carboxylic acids is 1. The third-order valence-electron chi connectivity index (χ3n) is 8.17. The van der Waals surface area contributed by atoms with E-state index >= 15 is 4.39 Å². The highest BCUT2D eigenvalue weighted by molar-refractivity contribution is 7.16. The van der Waals surface area contributed by atoms with Gasteiger partial charge in [-0.3, -0.25) is 9.69 Å². The molecule has 1 amide bonds. The molecule has 43 heavy (non-hydrogen) atoms. The van der Waals surface area contributed by atoms with Gasteiger partial charge in [-0.15, -0.1) is 0 Å². The van der Waals surface area contributed by atoms with Crippen molar-refractivity contribution < 1.29 is 14.3 Å². The summed E-state index contributed by atoms with van der Waals surface area (Å²) in [5.74, 6) is 0.156. The Morgan fingerprint density at radius 2 is 1.93 bits per heavy atom. The second kappa shape index (κ2) is 11.9. The quantitative estimate of drug-likeness (QED) is 0.317. The summed E-state index contributed by atoms with van der Waals surface area (Å²) in [4.78, 5) is 29.9. The number of hydrogen-bond donors (Lipinski definition) is 1. The zero-order valence-corrected chi connectivity index (χ0v) is 25.3. The number of thiazole rings is 1. The van der Waals surface area contributed by atoms with Crippen molar-refractivity contribution in [2.24, 2.45) is 0 Å². The van der Waals surface area contributed by atoms with E-state index in [2.05, 4.69) is 21.1 Å². The van der Waals surface area contributed by atoms with Crippen LogP contribution in [0.15, 0.2) is 30.3 Å². The Morgan fingerprint density at radius 3 is 2.58 bits per heavy atom. The van der Waals surface area contributed by atoms with Crippen molar-refractivity contribution in [2.45, 2.75) is 32.9 Å². The number of pyridine rings is 1. The highest BCUT2D eigenvalue weighted by Gasteiger charge is 2.29. The van der Waals surface area contributed by atoms with Crippen LogP contribution in [0.3, 0.4) is 0 Å². The smallest absolute Gasteiger partial charge is 0.238 e. The fourth-order valence-electron chi connectivity index (χ4n) is 5.74. The summed E-state index contributed by atoms with van der Waals surface area (Å²) in [6.07, 6.45) is 0.183. The van der Waals surface area contributed by atoms with E-state index in [4.69, 9.17) is 4.98 Å². The Bertz CT molecular complexity index is 1690. The van der Waals surface area contributed by atoms with E-state index in [9.17, 15) is 15.2 Å². The van der Waals surface area contributed by atoms with Crippen LogP contribution in [0.2, 0.25) is 0 Å². The van der Waals surface area contributed by atoms with Crippen molar-refractivity contribution in [1.82, 2.24) is 29.5 Å². The summed E-state index contributed by atoms with van der Waals surface area (Å²) < 4.78 is 17.2. The number of benzene rings is 1. The van der Waals surface area contributed by atoms with Gasteiger partial charge in [-0.25, -0.2) is 9.67 Å². The molecule has 2 aliphatic heterocycles. The number of aliphatic hydroxyl groups is 1. The first kappa shape index (κ1) is 29.0. The van der Waals surface area contributed by atoms with Crippen molar-refractivity contribution in [3.05, 3.63) is 46.7 Å². The number of amides is 1. The number of β-amino-alcohol motifs (C(OH)–C–C–N with tert-alkyl or cyclic N) is 1. The van der Waals surface area contributed by atoms with Gasteiger partial charge in [-0.1, -0.05) is 41.2 Å². The van der Waals surface area contributed by atoms with Gasteiger partial charge >= 0.3 is 0 Å². The van der Waals surface area contributed by atoms with E-state index in [0.29, 0.717) is 91.2 Å². The van der Waals surface area contributed by atoms with Crippen molar-refractivity contribution in [1.29, 1.82) is 5.26 Å². The number of carbonyl (C=O) groups is 1. The number of likely N-dealkylation sites (tertiary alicyclic amines) is 1. The summed E-state index contributed by atoms with van der Waals surface area (Å²) in [7, 11) is 1.87. The Kier molecular flexibility index (Phi) is 8.00. The van der Waals surface area contributed by atoms with E-state index in [1.54, 1.807) is 15.6 Å². The second-order valence-corrected chi connectivity index (χ2v) is 12.0. The van der Waals surface area contributed by atoms with Gasteiger partial charge < -0.3 is 19.8 Å². The molecule has 224 valence electrons. The summed E-state index contributed by atoms with van der Waals surface area (Å²) in [6, 6.07) is 12.0. The van der Waals surface area contributed by atoms with Gasteiger partial charge in [0, 0.05) is 58.4 Å². The number of hydrogen-bond acceptors (Lipinski definition) is 10. The normalized spacial score (nSPS) is 17.5. The van der Waals surface area contributed by atoms with Crippen LogP contribution in [0.5, 0.6) is 0 Å². The molecule has 0 radical (unpaired) electrons. The van der Waals surface area contributed by atoms with E-state index in [1.165, 1.54) is 11.3 Å². The molecule has 5 heterocycles. The number of aryl methyl sites for hydroxylation is 2. The zero-order valence-electron chi connectivity index (χ0n) is 24.5. The molecule has 2 fully saturated rings. The highest BCUT2D eigenvalue weighted by Crippen LogP contribution is 2.38. The van der Waals surface area contributed by atoms with Crippen LogP contribution in [-0.2, 0) is 11.3 Å². The topological polar surface area (TPSA) is 118 Å². The number of fused-ring (bicyclic) bond motifs is 1. The second-order valence-electron chi connectivity index (χ2n) is 11.1. The minimum absolute atomic E-state index is 0.0196. The monoisotopic (exact) mass is 603 g/mol. The number of nitrogens with zero attached hydrogens (tertiary/aromatic N) is 9. The van der Waals surface area contributed by atoms with Crippen LogP contribution >= 0.6 is 11.3 Å². The van der Waals surface area contributed by atoms with Gasteiger partial charge in [0.15, 0.2) is 10.8 Å². The maximum Gasteiger partial charge on any atom is 0.238 e. The zero-order chi connectivity index (χ0) is 30.2. The Morgan fingerprint density at radius 1 is 1.19 bits per heavy atom. The third-order valence-corrected chi connectivity index (χ3v) is 9.21. The van der Waals surface area contributed by atoms with Crippen LogP contribution in [0.25, 0.3) is 22.3 Å². The largest absolute Gasteiger partial charge is 0.391 e. The molecule has 6 rings (SSSR count). The lowest BCUT2D eigenvalue weighted by atomic mass is 10.1. The number of aliphatic hydroxyl groups excluding tert-OH is 1. The Balaban J connectivity index is 1.25. The number of piperazine rings is 1. The summed E-state index contributed by atoms with van der Waals surface area (Å²) >= 11 is 1.30. The highest BCUT2D eigenvalue weighted by atomic mass is 32.1. The first-order valence-electron chi connectivity index (χ1n) is 14.5. The molecule has 0 aliphatic carbocycles. The van der Waals surface area contributed by atoms with Crippen LogP contribution in [0.1, 0.15) is 23.8 Å². The van der Waals surface area contributed by atoms with Gasteiger partial charge in [0.05, 0.1) is 23.7 Å². The van der Waals surface area contributed by atoms with E-state index in [0.717, 1.165) is 16.9 Å². The van der Waals surface area contributed by atoms with Crippen molar-refractivity contribution in [3.8, 4) is 17.3 Å². The average Bonchev–Trinajstić information content (AvgIpc) is 3.73. The maximum absolute atomic E-state index is 15.4. The fourth-order valence-corrected chi connectivity index (χ4v) is 6.59. The molecular formula is C30H34FN9O2S. The lowest BCUT2D eigenvalue weighted by Crippen LogP contribution is -2.50. The predicted molar refractivity (Wildman–Crippen MR) is 164 cm³/mol. The Labute approximate surface area is 253 Å². The fraction of sp³-hybridized carbons (Fsp3) is 0.433. The lowest BCUT2D eigenvalue weighted by Gasteiger charge is -2.36. The first-order chi connectivity index (χ1) is 20.7. The van der Waals surface area contributed by atoms with Crippen molar-refractivity contribution in [3.63, 3.8) is 0 Å². The number of halogens is 1. The number of aromatic nitrogens is 4. The van der Waals surface area contributed by atoms with Gasteiger partial charge in [-0.05, 0) is 26.3 Å². The molecule has 3 aromatic heterocycles. The molecule has 0 bridgehead atoms. The molecule has 0 unspecified atom stereocenters. The van der Waals surface area contributed by atoms with Crippen LogP contribution in [-0.4, -0.2) is 99.5 Å². The molecule has 0 spiro atoms. The number of rotatable bonds is 7. The third kappa shape index (κ3) is 5.65. The Hall–Kier alpha value is -4.12. The molecule has 11 nitrogen and oxygen atoms in total. The maximum atomic E-state index is 15.4. The number of nitriles is 1. The SMILES string of the molecule is CCn1nc2nc(F)c(N3CCN(CC(=O)N4CC[C@@H](O)C4)CC3)cc2c1N(C)c1nc(-c2ccc(C)cc2)c(C#N)s1. The molecule has 13 heteroatoms. The average molecular weight is 604 g/mol. The van der Waals surface area contributed by atoms with E-state index in [-0.39, 0.29) is 5.91 Å². The van der Waals surface area contributed by atoms with E-state index in [1.807, 2.05) is 55.0 Å². The standard InChI is InChI=1S/C30H34FN9O2S/c1-4-40-29(36(3)30-33-26(24(16-32)43-30)20-7-5-19(2)6-8-20)22-15-23(27(31)34-28(22)35-40)38-13-11-37(12-14-38)18-25(42)39-10-9-21(41)17-39/h5-8,15,21,41H,4,9-14,17-18H2,1-3H3/t21-/m1/s1. The van der Waals surface area contributed by atoms with Crippen LogP contribution in [0, 0.1) is 24.2 Å². The van der Waals surface area contributed by atoms with Crippen molar-refractivity contribution >= 4 is 44.9 Å². The summed E-state index contributed by atoms with van der Waals surface area (Å²) in [5, 5.41) is 25.5. The number of anilines is 3. The molecule has 1 N–H and O–H groups in total. The minimum Gasteiger partial charge on any atom is -0.391 e. The molecule has 2 saturated heterocycles. The van der Waals surface area contributed by atoms with Crippen molar-refractivity contribution in [2.75, 3.05) is 62.7 Å². The van der Waals surface area contributed by atoms with Gasteiger partial charge in [0.2, 0.25) is 11.9 Å².